The van der Waals surface area contributed by atoms with E-state index >= 15 is 0 Å². The predicted octanol–water partition coefficient (Wildman–Crippen LogP) is 2.77. The average Bonchev–Trinajstić information content (AvgIpc) is 2.58. The maximum atomic E-state index is 12.2. The highest BCUT2D eigenvalue weighted by molar-refractivity contribution is 5.90. The van der Waals surface area contributed by atoms with Gasteiger partial charge in [0.15, 0.2) is 5.52 Å². The van der Waals surface area contributed by atoms with Gasteiger partial charge in [-0.05, 0) is 33.1 Å². The summed E-state index contributed by atoms with van der Waals surface area (Å²) in [4.78, 5) is 27.6. The van der Waals surface area contributed by atoms with Crippen LogP contribution in [0.5, 0.6) is 5.88 Å². The number of aromatic nitrogens is 3. The number of hydrogen-bond donors (Lipinski definition) is 1. The van der Waals surface area contributed by atoms with E-state index < -0.39 is 5.60 Å². The van der Waals surface area contributed by atoms with E-state index in [4.69, 9.17) is 9.47 Å². The van der Waals surface area contributed by atoms with Crippen molar-refractivity contribution in [2.45, 2.75) is 45.8 Å². The molecule has 3 heterocycles. The second kappa shape index (κ2) is 7.54. The minimum Gasteiger partial charge on any atom is -0.479 e. The highest BCUT2D eigenvalue weighted by Crippen LogP contribution is 2.31. The maximum Gasteiger partial charge on any atom is 0.407 e. The van der Waals surface area contributed by atoms with Crippen molar-refractivity contribution in [2.24, 2.45) is 5.92 Å². The summed E-state index contributed by atoms with van der Waals surface area (Å²) in [6.45, 7) is 9.25. The summed E-state index contributed by atoms with van der Waals surface area (Å²) in [5.74, 6) is 0.850. The van der Waals surface area contributed by atoms with Crippen LogP contribution in [0.2, 0.25) is 0 Å². The van der Waals surface area contributed by atoms with Gasteiger partial charge in [0.05, 0.1) is 19.0 Å². The fraction of sp³-hybridized carbons (Fsp3) is 0.579. The number of nitrogens with zero attached hydrogens (tertiary/aromatic N) is 4. The number of ether oxygens (including phenoxy) is 2. The largest absolute Gasteiger partial charge is 0.479 e. The van der Waals surface area contributed by atoms with Crippen LogP contribution in [0.4, 0.5) is 10.5 Å². The monoisotopic (exact) mass is 373 g/mol. The average molecular weight is 373 g/mol. The lowest BCUT2D eigenvalue weighted by Gasteiger charge is -2.38. The first kappa shape index (κ1) is 19.1. The molecule has 0 bridgehead atoms. The maximum absolute atomic E-state index is 12.2. The van der Waals surface area contributed by atoms with E-state index in [0.717, 1.165) is 24.2 Å². The number of nitrogens with one attached hydrogen (secondary N) is 1. The van der Waals surface area contributed by atoms with E-state index in [1.54, 1.807) is 25.7 Å². The topological polar surface area (TPSA) is 89.5 Å². The molecule has 1 N–H and O–H groups in total. The molecule has 0 radical (unpaired) electrons. The van der Waals surface area contributed by atoms with Gasteiger partial charge in [-0.3, -0.25) is 4.98 Å². The second-order valence-electron chi connectivity index (χ2n) is 8.00. The SMILES string of the molecule is COc1ncc(N2C[C@@H](C)C[C@@H](NC(=O)OC(C)(C)C)C2)c2nccnc12. The molecule has 0 aliphatic carbocycles. The number of carbonyl (C=O) groups is 1. The molecule has 1 aliphatic rings. The van der Waals surface area contributed by atoms with Gasteiger partial charge in [0.1, 0.15) is 11.1 Å². The molecule has 0 unspecified atom stereocenters. The Hall–Kier alpha value is -2.64. The highest BCUT2D eigenvalue weighted by Gasteiger charge is 2.29. The smallest absolute Gasteiger partial charge is 0.407 e. The Labute approximate surface area is 159 Å². The number of fused-ring (bicyclic) bond motifs is 1. The summed E-state index contributed by atoms with van der Waals surface area (Å²) in [6.07, 6.45) is 5.55. The van der Waals surface area contributed by atoms with Crippen LogP contribution in [0.3, 0.4) is 0 Å². The van der Waals surface area contributed by atoms with E-state index in [9.17, 15) is 4.79 Å². The third-order valence-electron chi connectivity index (χ3n) is 4.36. The Bertz CT molecular complexity index is 821. The van der Waals surface area contributed by atoms with Crippen molar-refractivity contribution in [3.63, 3.8) is 0 Å². The normalized spacial score (nSPS) is 20.4. The molecular formula is C19H27N5O3. The molecule has 2 aromatic rings. The Morgan fingerprint density at radius 3 is 2.56 bits per heavy atom. The van der Waals surface area contributed by atoms with Crippen LogP contribution in [0.25, 0.3) is 11.0 Å². The minimum atomic E-state index is -0.518. The van der Waals surface area contributed by atoms with E-state index in [0.29, 0.717) is 23.9 Å². The zero-order valence-corrected chi connectivity index (χ0v) is 16.5. The van der Waals surface area contributed by atoms with Gasteiger partial charge in [-0.25, -0.2) is 14.8 Å². The zero-order valence-electron chi connectivity index (χ0n) is 16.5. The van der Waals surface area contributed by atoms with Crippen molar-refractivity contribution in [2.75, 3.05) is 25.1 Å². The summed E-state index contributed by atoms with van der Waals surface area (Å²) in [7, 11) is 1.57. The van der Waals surface area contributed by atoms with Gasteiger partial charge in [0.2, 0.25) is 5.88 Å². The van der Waals surface area contributed by atoms with E-state index in [1.807, 2.05) is 20.8 Å². The fourth-order valence-corrected chi connectivity index (χ4v) is 3.43. The van der Waals surface area contributed by atoms with Crippen LogP contribution in [0.15, 0.2) is 18.6 Å². The molecule has 1 saturated heterocycles. The van der Waals surface area contributed by atoms with Crippen molar-refractivity contribution in [1.29, 1.82) is 0 Å². The minimum absolute atomic E-state index is 0.0163. The number of alkyl carbamates (subject to hydrolysis) is 1. The van der Waals surface area contributed by atoms with E-state index in [1.165, 1.54) is 0 Å². The van der Waals surface area contributed by atoms with E-state index in [2.05, 4.69) is 32.1 Å². The first-order valence-electron chi connectivity index (χ1n) is 9.15. The summed E-state index contributed by atoms with van der Waals surface area (Å²) in [5.41, 5.74) is 1.75. The van der Waals surface area contributed by atoms with Gasteiger partial charge in [0.25, 0.3) is 0 Å². The summed E-state index contributed by atoms with van der Waals surface area (Å²) in [6, 6.07) is -0.0163. The molecule has 0 saturated carbocycles. The molecule has 0 spiro atoms. The number of amides is 1. The molecule has 8 nitrogen and oxygen atoms in total. The molecule has 1 amide bonds. The molecule has 146 valence electrons. The molecule has 0 aromatic carbocycles. The Balaban J connectivity index is 1.83. The predicted molar refractivity (Wildman–Crippen MR) is 103 cm³/mol. The fourth-order valence-electron chi connectivity index (χ4n) is 3.43. The van der Waals surface area contributed by atoms with Crippen molar-refractivity contribution >= 4 is 22.8 Å². The van der Waals surface area contributed by atoms with Gasteiger partial charge in [-0.15, -0.1) is 0 Å². The number of piperidine rings is 1. The number of rotatable bonds is 3. The molecule has 2 atom stereocenters. The molecule has 1 aliphatic heterocycles. The van der Waals surface area contributed by atoms with Crippen molar-refractivity contribution in [3.8, 4) is 5.88 Å². The lowest BCUT2D eigenvalue weighted by atomic mass is 9.95. The van der Waals surface area contributed by atoms with Crippen molar-refractivity contribution < 1.29 is 14.3 Å². The molecule has 3 rings (SSSR count). The number of hydrogen-bond acceptors (Lipinski definition) is 7. The van der Waals surface area contributed by atoms with Crippen LogP contribution >= 0.6 is 0 Å². The molecule has 1 fully saturated rings. The molecular weight excluding hydrogens is 346 g/mol. The van der Waals surface area contributed by atoms with Crippen LogP contribution in [-0.4, -0.2) is 52.9 Å². The third-order valence-corrected chi connectivity index (χ3v) is 4.36. The lowest BCUT2D eigenvalue weighted by Crippen LogP contribution is -2.51. The Morgan fingerprint density at radius 1 is 1.19 bits per heavy atom. The van der Waals surface area contributed by atoms with Gasteiger partial charge in [-0.2, -0.15) is 0 Å². The quantitative estimate of drug-likeness (QED) is 0.885. The first-order valence-corrected chi connectivity index (χ1v) is 9.15. The molecule has 2 aromatic heterocycles. The summed E-state index contributed by atoms with van der Waals surface area (Å²) < 4.78 is 10.7. The number of methoxy groups -OCH3 is 1. The van der Waals surface area contributed by atoms with Crippen molar-refractivity contribution in [1.82, 2.24) is 20.3 Å². The Kier molecular flexibility index (Phi) is 5.34. The lowest BCUT2D eigenvalue weighted by molar-refractivity contribution is 0.0495. The molecule has 8 heteroatoms. The highest BCUT2D eigenvalue weighted by atomic mass is 16.6. The third kappa shape index (κ3) is 4.56. The number of anilines is 1. The van der Waals surface area contributed by atoms with Crippen LogP contribution in [0.1, 0.15) is 34.1 Å². The standard InChI is InChI=1S/C19H27N5O3/c1-12-8-13(23-18(25)27-19(2,3)4)11-24(10-12)14-9-22-17(26-5)16-15(14)20-6-7-21-16/h6-7,9,12-13H,8,10-11H2,1-5H3,(H,23,25)/t12-,13+/m0/s1. The van der Waals surface area contributed by atoms with Crippen LogP contribution in [-0.2, 0) is 4.74 Å². The molecule has 27 heavy (non-hydrogen) atoms. The van der Waals surface area contributed by atoms with Gasteiger partial charge >= 0.3 is 6.09 Å². The van der Waals surface area contributed by atoms with Crippen molar-refractivity contribution in [3.05, 3.63) is 18.6 Å². The van der Waals surface area contributed by atoms with Crippen LogP contribution in [0, 0.1) is 5.92 Å². The summed E-state index contributed by atoms with van der Waals surface area (Å²) in [5, 5.41) is 2.99. The van der Waals surface area contributed by atoms with Gasteiger partial charge in [-0.1, -0.05) is 6.92 Å². The van der Waals surface area contributed by atoms with E-state index in [-0.39, 0.29) is 12.1 Å². The number of carbonyl (C=O) groups excluding carboxylic acids is 1. The Morgan fingerprint density at radius 2 is 1.89 bits per heavy atom. The first-order chi connectivity index (χ1) is 12.8. The second-order valence-corrected chi connectivity index (χ2v) is 8.00. The van der Waals surface area contributed by atoms with Gasteiger partial charge in [0, 0.05) is 31.5 Å². The van der Waals surface area contributed by atoms with Gasteiger partial charge < -0.3 is 19.7 Å². The van der Waals surface area contributed by atoms with Crippen LogP contribution < -0.4 is 15.0 Å². The number of pyridine rings is 1. The summed E-state index contributed by atoms with van der Waals surface area (Å²) >= 11 is 0. The zero-order chi connectivity index (χ0) is 19.6.